The van der Waals surface area contributed by atoms with Crippen molar-refractivity contribution in [2.24, 2.45) is 11.8 Å². The summed E-state index contributed by atoms with van der Waals surface area (Å²) in [5, 5.41) is 3.71. The van der Waals surface area contributed by atoms with E-state index in [1.54, 1.807) is 0 Å². The minimum absolute atomic E-state index is 0.735. The first-order valence-electron chi connectivity index (χ1n) is 6.64. The smallest absolute Gasteiger partial charge is 0.0224 e. The average molecular weight is 210 g/mol. The maximum Gasteiger partial charge on any atom is 0.0224 e. The molecule has 15 heavy (non-hydrogen) atoms. The molecule has 2 rings (SSSR count). The highest BCUT2D eigenvalue weighted by Gasteiger charge is 2.35. The largest absolute Gasteiger partial charge is 0.311 e. The zero-order valence-corrected chi connectivity index (χ0v) is 10.5. The molecule has 2 nitrogen and oxygen atoms in total. The summed E-state index contributed by atoms with van der Waals surface area (Å²) in [5.41, 5.74) is 0. The molecule has 1 aliphatic carbocycles. The van der Waals surface area contributed by atoms with E-state index < -0.39 is 0 Å². The summed E-state index contributed by atoms with van der Waals surface area (Å²) in [4.78, 5) is 2.69. The van der Waals surface area contributed by atoms with E-state index in [0.717, 1.165) is 23.9 Å². The van der Waals surface area contributed by atoms with Crippen molar-refractivity contribution >= 4 is 0 Å². The average Bonchev–Trinajstić information content (AvgIpc) is 3.00. The molecule has 1 N–H and O–H groups in total. The Bertz CT molecular complexity index is 199. The van der Waals surface area contributed by atoms with Crippen LogP contribution in [-0.4, -0.2) is 36.6 Å². The molecule has 2 atom stereocenters. The first-order valence-corrected chi connectivity index (χ1v) is 6.64. The minimum Gasteiger partial charge on any atom is -0.311 e. The van der Waals surface area contributed by atoms with E-state index in [9.17, 15) is 0 Å². The molecule has 0 aromatic carbocycles. The number of rotatable bonds is 4. The Morgan fingerprint density at radius 2 is 2.07 bits per heavy atom. The van der Waals surface area contributed by atoms with Crippen molar-refractivity contribution in [2.75, 3.05) is 19.6 Å². The molecular weight excluding hydrogens is 184 g/mol. The van der Waals surface area contributed by atoms with Crippen LogP contribution in [0.5, 0.6) is 0 Å². The van der Waals surface area contributed by atoms with Gasteiger partial charge in [0.1, 0.15) is 0 Å². The van der Waals surface area contributed by atoms with Gasteiger partial charge in [0.15, 0.2) is 0 Å². The quantitative estimate of drug-likeness (QED) is 0.764. The Morgan fingerprint density at radius 3 is 2.67 bits per heavy atom. The van der Waals surface area contributed by atoms with E-state index in [-0.39, 0.29) is 0 Å². The lowest BCUT2D eigenvalue weighted by Crippen LogP contribution is -2.56. The first kappa shape index (κ1) is 11.4. The number of hydrogen-bond acceptors (Lipinski definition) is 2. The van der Waals surface area contributed by atoms with Gasteiger partial charge >= 0.3 is 0 Å². The van der Waals surface area contributed by atoms with Gasteiger partial charge in [0.05, 0.1) is 0 Å². The monoisotopic (exact) mass is 210 g/mol. The molecule has 0 bridgehead atoms. The van der Waals surface area contributed by atoms with Crippen molar-refractivity contribution in [1.82, 2.24) is 10.2 Å². The van der Waals surface area contributed by atoms with Crippen LogP contribution >= 0.6 is 0 Å². The Hall–Kier alpha value is -0.0800. The van der Waals surface area contributed by atoms with Crippen LogP contribution in [0.2, 0.25) is 0 Å². The molecule has 1 aliphatic heterocycles. The molecule has 2 aliphatic rings. The second kappa shape index (κ2) is 4.84. The van der Waals surface area contributed by atoms with E-state index in [1.807, 2.05) is 0 Å². The fraction of sp³-hybridized carbons (Fsp3) is 1.00. The summed E-state index contributed by atoms with van der Waals surface area (Å²) in [6.45, 7) is 10.8. The third-order valence-electron chi connectivity index (χ3n) is 3.91. The molecule has 0 aromatic rings. The number of piperazine rings is 1. The van der Waals surface area contributed by atoms with E-state index in [0.29, 0.717) is 0 Å². The highest BCUT2D eigenvalue weighted by Crippen LogP contribution is 2.34. The molecule has 1 saturated heterocycles. The molecule has 0 aromatic heterocycles. The maximum absolute atomic E-state index is 3.71. The third kappa shape index (κ3) is 3.18. The first-order chi connectivity index (χ1) is 7.16. The van der Waals surface area contributed by atoms with E-state index in [2.05, 4.69) is 31.0 Å². The van der Waals surface area contributed by atoms with Crippen molar-refractivity contribution in [1.29, 1.82) is 0 Å². The lowest BCUT2D eigenvalue weighted by molar-refractivity contribution is 0.126. The van der Waals surface area contributed by atoms with Crippen molar-refractivity contribution in [3.8, 4) is 0 Å². The van der Waals surface area contributed by atoms with Crippen LogP contribution in [0.4, 0.5) is 0 Å². The van der Waals surface area contributed by atoms with E-state index in [4.69, 9.17) is 0 Å². The summed E-state index contributed by atoms with van der Waals surface area (Å²) in [7, 11) is 0. The second-order valence-electron chi connectivity index (χ2n) is 5.88. The fourth-order valence-electron chi connectivity index (χ4n) is 2.50. The zero-order chi connectivity index (χ0) is 10.8. The minimum atomic E-state index is 0.735. The summed E-state index contributed by atoms with van der Waals surface area (Å²) >= 11 is 0. The van der Waals surface area contributed by atoms with Gasteiger partial charge in [-0.2, -0.15) is 0 Å². The molecular formula is C13H26N2. The summed E-state index contributed by atoms with van der Waals surface area (Å²) in [6, 6.07) is 1.53. The third-order valence-corrected chi connectivity index (χ3v) is 3.91. The summed E-state index contributed by atoms with van der Waals surface area (Å²) in [5.74, 6) is 1.84. The molecule has 2 heteroatoms. The topological polar surface area (TPSA) is 15.3 Å². The summed E-state index contributed by atoms with van der Waals surface area (Å²) in [6.07, 6.45) is 4.27. The Morgan fingerprint density at radius 1 is 1.33 bits per heavy atom. The van der Waals surface area contributed by atoms with Gasteiger partial charge in [0.25, 0.3) is 0 Å². The fourth-order valence-corrected chi connectivity index (χ4v) is 2.50. The predicted molar refractivity (Wildman–Crippen MR) is 65.0 cm³/mol. The SMILES string of the molecule is CC(C)CCN1CC(C2CC2)NCC1C. The van der Waals surface area contributed by atoms with Crippen LogP contribution in [-0.2, 0) is 0 Å². The molecule has 2 unspecified atom stereocenters. The molecule has 1 saturated carbocycles. The van der Waals surface area contributed by atoms with Gasteiger partial charge in [-0.25, -0.2) is 0 Å². The highest BCUT2D eigenvalue weighted by molar-refractivity contribution is 4.93. The van der Waals surface area contributed by atoms with Crippen LogP contribution in [0.3, 0.4) is 0 Å². The van der Waals surface area contributed by atoms with Gasteiger partial charge in [-0.3, -0.25) is 4.90 Å². The van der Waals surface area contributed by atoms with Crippen molar-refractivity contribution in [3.63, 3.8) is 0 Å². The standard InChI is InChI=1S/C13H26N2/c1-10(2)6-7-15-9-13(12-4-5-12)14-8-11(15)3/h10-14H,4-9H2,1-3H3. The highest BCUT2D eigenvalue weighted by atomic mass is 15.2. The molecule has 0 amide bonds. The van der Waals surface area contributed by atoms with Crippen molar-refractivity contribution < 1.29 is 0 Å². The van der Waals surface area contributed by atoms with Crippen LogP contribution in [0.15, 0.2) is 0 Å². The zero-order valence-electron chi connectivity index (χ0n) is 10.5. The van der Waals surface area contributed by atoms with Crippen LogP contribution in [0.1, 0.15) is 40.0 Å². The lowest BCUT2D eigenvalue weighted by atomic mass is 10.0. The number of hydrogen-bond donors (Lipinski definition) is 1. The van der Waals surface area contributed by atoms with Gasteiger partial charge in [0.2, 0.25) is 0 Å². The second-order valence-corrected chi connectivity index (χ2v) is 5.88. The van der Waals surface area contributed by atoms with Crippen molar-refractivity contribution in [2.45, 2.75) is 52.1 Å². The van der Waals surface area contributed by atoms with Crippen LogP contribution in [0.25, 0.3) is 0 Å². The Kier molecular flexibility index (Phi) is 3.68. The van der Waals surface area contributed by atoms with Crippen LogP contribution < -0.4 is 5.32 Å². The Labute approximate surface area is 94.4 Å². The predicted octanol–water partition coefficient (Wildman–Crippen LogP) is 2.10. The molecule has 2 fully saturated rings. The van der Waals surface area contributed by atoms with Gasteiger partial charge in [-0.1, -0.05) is 13.8 Å². The molecule has 88 valence electrons. The van der Waals surface area contributed by atoms with Crippen LogP contribution in [0, 0.1) is 11.8 Å². The normalized spacial score (nSPS) is 33.6. The van der Waals surface area contributed by atoms with Gasteiger partial charge < -0.3 is 5.32 Å². The van der Waals surface area contributed by atoms with E-state index in [1.165, 1.54) is 38.9 Å². The number of nitrogens with zero attached hydrogens (tertiary/aromatic N) is 1. The molecule has 0 radical (unpaired) electrons. The van der Waals surface area contributed by atoms with Gasteiger partial charge in [0, 0.05) is 25.2 Å². The molecule has 0 spiro atoms. The van der Waals surface area contributed by atoms with Gasteiger partial charge in [-0.15, -0.1) is 0 Å². The Balaban J connectivity index is 1.79. The molecule has 1 heterocycles. The van der Waals surface area contributed by atoms with E-state index >= 15 is 0 Å². The lowest BCUT2D eigenvalue weighted by Gasteiger charge is -2.39. The summed E-state index contributed by atoms with van der Waals surface area (Å²) < 4.78 is 0. The van der Waals surface area contributed by atoms with Gasteiger partial charge in [-0.05, 0) is 44.6 Å². The van der Waals surface area contributed by atoms with Crippen molar-refractivity contribution in [3.05, 3.63) is 0 Å². The maximum atomic E-state index is 3.71. The number of nitrogens with one attached hydrogen (secondary N) is 1.